The average molecular weight is 553 g/mol. The summed E-state index contributed by atoms with van der Waals surface area (Å²) in [4.78, 5) is 36.3. The second-order valence-corrected chi connectivity index (χ2v) is 13.6. The number of hydrogen-bond donors (Lipinski definition) is 2. The van der Waals surface area contributed by atoms with Crippen LogP contribution in [0.2, 0.25) is 0 Å². The predicted octanol–water partition coefficient (Wildman–Crippen LogP) is 2.17. The van der Waals surface area contributed by atoms with E-state index in [1.807, 2.05) is 46.5 Å². The molecule has 0 radical (unpaired) electrons. The first-order valence-corrected chi connectivity index (χ1v) is 15.0. The Bertz CT molecular complexity index is 1230. The van der Waals surface area contributed by atoms with Crippen molar-refractivity contribution in [2.45, 2.75) is 102 Å². The third kappa shape index (κ3) is 5.42. The van der Waals surface area contributed by atoms with Gasteiger partial charge < -0.3 is 19.9 Å². The fraction of sp³-hybridized carbons (Fsp3) is 0.759. The number of imidazole rings is 1. The summed E-state index contributed by atoms with van der Waals surface area (Å²) in [5, 5.41) is 22.5. The molecule has 11 heteroatoms. The van der Waals surface area contributed by atoms with E-state index >= 15 is 0 Å². The largest absolute Gasteiger partial charge is 0.391 e. The Hall–Kier alpha value is -2.79. The van der Waals surface area contributed by atoms with Gasteiger partial charge in [-0.3, -0.25) is 14.5 Å². The van der Waals surface area contributed by atoms with Gasteiger partial charge in [-0.2, -0.15) is 0 Å². The number of likely N-dealkylation sites (tertiary alicyclic amines) is 2. The van der Waals surface area contributed by atoms with Crippen LogP contribution < -0.4 is 5.32 Å². The van der Waals surface area contributed by atoms with Crippen molar-refractivity contribution in [2.24, 2.45) is 18.4 Å². The van der Waals surface area contributed by atoms with Gasteiger partial charge in [-0.15, -0.1) is 5.10 Å². The predicted molar refractivity (Wildman–Crippen MR) is 148 cm³/mol. The minimum Gasteiger partial charge on any atom is -0.391 e. The molecule has 2 saturated heterocycles. The molecule has 11 nitrogen and oxygen atoms in total. The number of aliphatic hydroxyl groups is 1. The summed E-state index contributed by atoms with van der Waals surface area (Å²) < 4.78 is 3.77. The number of β-amino-alcohol motifs (C(OH)–C–C–N with tert-alkyl or cyclic N) is 1. The van der Waals surface area contributed by atoms with Crippen molar-refractivity contribution in [3.63, 3.8) is 0 Å². The molecule has 2 N–H and O–H groups in total. The third-order valence-corrected chi connectivity index (χ3v) is 9.21. The van der Waals surface area contributed by atoms with Gasteiger partial charge in [-0.25, -0.2) is 9.67 Å². The molecule has 4 fully saturated rings. The van der Waals surface area contributed by atoms with Gasteiger partial charge in [0.2, 0.25) is 11.8 Å². The number of aryl methyl sites for hydroxylation is 1. The van der Waals surface area contributed by atoms with Crippen molar-refractivity contribution < 1.29 is 14.7 Å². The molecule has 2 aromatic rings. The Morgan fingerprint density at radius 3 is 2.60 bits per heavy atom. The van der Waals surface area contributed by atoms with E-state index in [0.717, 1.165) is 37.9 Å². The van der Waals surface area contributed by atoms with E-state index in [1.165, 1.54) is 18.5 Å². The molecular formula is C29H44N8O3. The fourth-order valence-electron chi connectivity index (χ4n) is 6.87. The monoisotopic (exact) mass is 552 g/mol. The molecule has 0 aromatic carbocycles. The number of hydrogen-bond acceptors (Lipinski definition) is 7. The first-order chi connectivity index (χ1) is 19.1. The number of carbonyl (C=O) groups excluding carboxylic acids is 2. The lowest BCUT2D eigenvalue weighted by atomic mass is 9.85. The zero-order valence-corrected chi connectivity index (χ0v) is 24.2. The lowest BCUT2D eigenvalue weighted by molar-refractivity contribution is -0.144. The van der Waals surface area contributed by atoms with Crippen molar-refractivity contribution in [1.29, 1.82) is 0 Å². The van der Waals surface area contributed by atoms with Crippen LogP contribution in [0.1, 0.15) is 95.1 Å². The molecule has 2 saturated carbocycles. The smallest absolute Gasteiger partial charge is 0.248 e. The second kappa shape index (κ2) is 10.6. The van der Waals surface area contributed by atoms with Gasteiger partial charge in [-0.1, -0.05) is 26.0 Å². The molecule has 0 spiro atoms. The maximum Gasteiger partial charge on any atom is 0.248 e. The van der Waals surface area contributed by atoms with Gasteiger partial charge in [0.05, 0.1) is 29.9 Å². The summed E-state index contributed by atoms with van der Waals surface area (Å²) in [6.45, 7) is 7.75. The van der Waals surface area contributed by atoms with Crippen molar-refractivity contribution in [3.05, 3.63) is 30.1 Å². The van der Waals surface area contributed by atoms with E-state index in [1.54, 1.807) is 9.58 Å². The molecule has 4 heterocycles. The molecule has 40 heavy (non-hydrogen) atoms. The molecule has 218 valence electrons. The number of rotatable bonds is 8. The highest BCUT2D eigenvalue weighted by atomic mass is 16.3. The molecule has 6 rings (SSSR count). The van der Waals surface area contributed by atoms with E-state index in [0.29, 0.717) is 18.5 Å². The maximum atomic E-state index is 14.1. The molecule has 0 bridgehead atoms. The van der Waals surface area contributed by atoms with Crippen LogP contribution in [0.4, 0.5) is 0 Å². The molecule has 2 aliphatic heterocycles. The molecule has 4 aliphatic rings. The molecule has 2 aromatic heterocycles. The van der Waals surface area contributed by atoms with E-state index in [-0.39, 0.29) is 36.7 Å². The maximum absolute atomic E-state index is 14.1. The van der Waals surface area contributed by atoms with E-state index in [9.17, 15) is 14.7 Å². The van der Waals surface area contributed by atoms with Crippen LogP contribution in [-0.4, -0.2) is 89.1 Å². The normalized spacial score (nSPS) is 28.6. The average Bonchev–Trinajstić information content (AvgIpc) is 3.81. The third-order valence-electron chi connectivity index (χ3n) is 9.21. The van der Waals surface area contributed by atoms with Crippen LogP contribution >= 0.6 is 0 Å². The first-order valence-electron chi connectivity index (χ1n) is 15.0. The lowest BCUT2D eigenvalue weighted by Gasteiger charge is -2.42. The van der Waals surface area contributed by atoms with Gasteiger partial charge in [-0.05, 0) is 56.4 Å². The Labute approximate surface area is 236 Å². The second-order valence-electron chi connectivity index (χ2n) is 13.6. The van der Waals surface area contributed by atoms with E-state index in [2.05, 4.69) is 30.1 Å². The van der Waals surface area contributed by atoms with Gasteiger partial charge in [0.25, 0.3) is 0 Å². The van der Waals surface area contributed by atoms with Gasteiger partial charge in [0.1, 0.15) is 12.1 Å². The topological polar surface area (TPSA) is 121 Å². The van der Waals surface area contributed by atoms with Crippen molar-refractivity contribution in [3.8, 4) is 0 Å². The molecule has 2 aliphatic carbocycles. The van der Waals surface area contributed by atoms with E-state index in [4.69, 9.17) is 0 Å². The van der Waals surface area contributed by atoms with Crippen LogP contribution in [0.5, 0.6) is 0 Å². The van der Waals surface area contributed by atoms with Crippen molar-refractivity contribution >= 4 is 11.8 Å². The minimum atomic E-state index is -0.736. The summed E-state index contributed by atoms with van der Waals surface area (Å²) in [7, 11) is 2.04. The first kappa shape index (κ1) is 27.4. The number of aliphatic hydroxyl groups excluding tert-OH is 1. The van der Waals surface area contributed by atoms with E-state index < -0.39 is 23.6 Å². The minimum absolute atomic E-state index is 0.143. The van der Waals surface area contributed by atoms with Crippen LogP contribution in [0.3, 0.4) is 0 Å². The SMILES string of the molecule is Cn1cncc1[C@@H]1[C@@H](CNC(=O)[C@@H]2C[C@@H](O)CN2C(=O)[C@@H](n2cc(C3CC3)nn2)C(C)(C)C)CCCN1C1CC1. The standard InChI is InChI=1S/C29H44N8O3/c1-29(2,3)26(37-16-22(32-33-37)18-7-8-18)28(40)36-15-21(38)12-23(36)27(39)31-13-19-6-5-11-35(20-9-10-20)25(19)24-14-30-17-34(24)4/h14,16-21,23,25-26,38H,5-13,15H2,1-4H3,(H,31,39)/t19-,21-,23+,25+,26-/m1/s1. The summed E-state index contributed by atoms with van der Waals surface area (Å²) in [5.74, 6) is 0.300. The fourth-order valence-corrected chi connectivity index (χ4v) is 6.87. The van der Waals surface area contributed by atoms with Crippen LogP contribution in [-0.2, 0) is 16.6 Å². The van der Waals surface area contributed by atoms with Gasteiger partial charge >= 0.3 is 0 Å². The quantitative estimate of drug-likeness (QED) is 0.515. The molecule has 0 unspecified atom stereocenters. The number of nitrogens with zero attached hydrogens (tertiary/aromatic N) is 7. The summed E-state index contributed by atoms with van der Waals surface area (Å²) in [6, 6.07) is -0.507. The highest BCUT2D eigenvalue weighted by Crippen LogP contribution is 2.43. The van der Waals surface area contributed by atoms with Crippen molar-refractivity contribution in [2.75, 3.05) is 19.6 Å². The highest BCUT2D eigenvalue weighted by Gasteiger charge is 2.46. The molecular weight excluding hydrogens is 508 g/mol. The number of nitrogens with one attached hydrogen (secondary N) is 1. The Morgan fingerprint density at radius 1 is 1.18 bits per heavy atom. The van der Waals surface area contributed by atoms with Crippen LogP contribution in [0, 0.1) is 11.3 Å². The molecule has 2 amide bonds. The molecule has 5 atom stereocenters. The van der Waals surface area contributed by atoms with Crippen molar-refractivity contribution in [1.82, 2.24) is 39.7 Å². The summed E-state index contributed by atoms with van der Waals surface area (Å²) in [6.07, 6.45) is 12.0. The highest BCUT2D eigenvalue weighted by molar-refractivity contribution is 5.90. The Morgan fingerprint density at radius 2 is 1.95 bits per heavy atom. The Kier molecular flexibility index (Phi) is 7.23. The van der Waals surface area contributed by atoms with Gasteiger partial charge in [0.15, 0.2) is 0 Å². The van der Waals surface area contributed by atoms with Crippen LogP contribution in [0.25, 0.3) is 0 Å². The zero-order chi connectivity index (χ0) is 28.2. The van der Waals surface area contributed by atoms with Gasteiger partial charge in [0, 0.05) is 50.9 Å². The zero-order valence-electron chi connectivity index (χ0n) is 24.2. The number of amides is 2. The number of aromatic nitrogens is 5. The van der Waals surface area contributed by atoms with Crippen LogP contribution in [0.15, 0.2) is 18.7 Å². The summed E-state index contributed by atoms with van der Waals surface area (Å²) in [5.41, 5.74) is 1.66. The lowest BCUT2D eigenvalue weighted by Crippen LogP contribution is -2.52. The number of carbonyl (C=O) groups is 2. The Balaban J connectivity index is 1.17. The summed E-state index contributed by atoms with van der Waals surface area (Å²) >= 11 is 0. The number of piperidine rings is 1.